The van der Waals surface area contributed by atoms with Gasteiger partial charge in [0.05, 0.1) is 17.5 Å². The Kier molecular flexibility index (Phi) is 3.82. The maximum Gasteiger partial charge on any atom is 0.163 e. The Morgan fingerprint density at radius 2 is 1.83 bits per heavy atom. The summed E-state index contributed by atoms with van der Waals surface area (Å²) in [6.45, 7) is 0. The summed E-state index contributed by atoms with van der Waals surface area (Å²) >= 11 is 1.76. The van der Waals surface area contributed by atoms with Crippen molar-refractivity contribution in [2.75, 3.05) is 0 Å². The quantitative estimate of drug-likeness (QED) is 0.691. The number of hydrogen-bond acceptors (Lipinski definition) is 6. The van der Waals surface area contributed by atoms with E-state index in [2.05, 4.69) is 25.7 Å². The van der Waals surface area contributed by atoms with Crippen molar-refractivity contribution in [2.24, 2.45) is 7.05 Å². The minimum Gasteiger partial charge on any atom is -0.313 e. The molecule has 0 spiro atoms. The van der Waals surface area contributed by atoms with Gasteiger partial charge in [0.1, 0.15) is 5.82 Å². The predicted octanol–water partition coefficient (Wildman–Crippen LogP) is 2.24. The number of thioether (sulfide) groups is 1. The van der Waals surface area contributed by atoms with Gasteiger partial charge in [-0.2, -0.15) is 0 Å². The largest absolute Gasteiger partial charge is 0.313 e. The minimum absolute atomic E-state index is 0.514. The number of hydrogen-bond donors (Lipinski definition) is 0. The van der Waals surface area contributed by atoms with Gasteiger partial charge in [0.25, 0.3) is 0 Å². The Morgan fingerprint density at radius 1 is 1.04 bits per heavy atom. The van der Waals surface area contributed by atoms with E-state index in [0.29, 0.717) is 6.04 Å². The fourth-order valence-corrected chi connectivity index (χ4v) is 3.38. The van der Waals surface area contributed by atoms with Crippen molar-refractivity contribution in [3.8, 4) is 11.4 Å². The molecule has 0 unspecified atom stereocenters. The zero-order valence-electron chi connectivity index (χ0n) is 12.8. The zero-order valence-corrected chi connectivity index (χ0v) is 13.6. The van der Waals surface area contributed by atoms with Crippen molar-refractivity contribution in [3.63, 3.8) is 0 Å². The molecular formula is C15H17N7S. The molecule has 1 saturated carbocycles. The van der Waals surface area contributed by atoms with E-state index in [9.17, 15) is 0 Å². The van der Waals surface area contributed by atoms with Crippen LogP contribution in [0.4, 0.5) is 0 Å². The van der Waals surface area contributed by atoms with E-state index in [0.717, 1.165) is 34.5 Å². The lowest BCUT2D eigenvalue weighted by molar-refractivity contribution is 0.593. The molecule has 3 aromatic rings. The van der Waals surface area contributed by atoms with Crippen molar-refractivity contribution < 1.29 is 0 Å². The third-order valence-corrected chi connectivity index (χ3v) is 4.84. The minimum atomic E-state index is 0.514. The van der Waals surface area contributed by atoms with Crippen LogP contribution in [0.2, 0.25) is 0 Å². The van der Waals surface area contributed by atoms with Crippen LogP contribution in [0.25, 0.3) is 11.4 Å². The number of nitrogens with zero attached hydrogens (tertiary/aromatic N) is 7. The SMILES string of the molecule is Cn1c(CSCc2nnnn2C2CC2)nnc1-c1ccccc1. The Morgan fingerprint density at radius 3 is 2.61 bits per heavy atom. The molecule has 7 nitrogen and oxygen atoms in total. The summed E-state index contributed by atoms with van der Waals surface area (Å²) in [5.41, 5.74) is 1.08. The lowest BCUT2D eigenvalue weighted by Crippen LogP contribution is -2.03. The monoisotopic (exact) mass is 327 g/mol. The van der Waals surface area contributed by atoms with E-state index in [1.54, 1.807) is 11.8 Å². The van der Waals surface area contributed by atoms with Crippen LogP contribution in [0.5, 0.6) is 0 Å². The van der Waals surface area contributed by atoms with Crippen molar-refractivity contribution in [2.45, 2.75) is 30.4 Å². The maximum absolute atomic E-state index is 4.31. The molecule has 0 N–H and O–H groups in total. The smallest absolute Gasteiger partial charge is 0.163 e. The Labute approximate surface area is 138 Å². The first-order valence-electron chi connectivity index (χ1n) is 7.61. The number of rotatable bonds is 6. The van der Waals surface area contributed by atoms with Gasteiger partial charge >= 0.3 is 0 Å². The molecule has 118 valence electrons. The van der Waals surface area contributed by atoms with Gasteiger partial charge in [-0.15, -0.1) is 27.1 Å². The molecule has 0 aliphatic heterocycles. The van der Waals surface area contributed by atoms with Gasteiger partial charge in [-0.3, -0.25) is 0 Å². The van der Waals surface area contributed by atoms with Crippen LogP contribution in [0, 0.1) is 0 Å². The molecular weight excluding hydrogens is 310 g/mol. The van der Waals surface area contributed by atoms with Crippen LogP contribution in [0.15, 0.2) is 30.3 Å². The van der Waals surface area contributed by atoms with E-state index >= 15 is 0 Å². The molecule has 2 heterocycles. The van der Waals surface area contributed by atoms with Crippen LogP contribution in [0.1, 0.15) is 30.5 Å². The summed E-state index contributed by atoms with van der Waals surface area (Å²) in [5.74, 6) is 4.37. The molecule has 1 aliphatic carbocycles. The first kappa shape index (κ1) is 14.4. The van der Waals surface area contributed by atoms with Crippen LogP contribution in [0.3, 0.4) is 0 Å². The van der Waals surface area contributed by atoms with Crippen LogP contribution < -0.4 is 0 Å². The fraction of sp³-hybridized carbons (Fsp3) is 0.400. The summed E-state index contributed by atoms with van der Waals surface area (Å²) in [5, 5.41) is 20.6. The van der Waals surface area contributed by atoms with E-state index in [1.807, 2.05) is 46.6 Å². The third kappa shape index (κ3) is 2.98. The second-order valence-corrected chi connectivity index (χ2v) is 6.61. The summed E-state index contributed by atoms with van der Waals surface area (Å²) < 4.78 is 4.01. The molecule has 0 amide bonds. The number of tetrazole rings is 1. The van der Waals surface area contributed by atoms with E-state index in [-0.39, 0.29) is 0 Å². The Balaban J connectivity index is 1.42. The van der Waals surface area contributed by atoms with Gasteiger partial charge in [-0.1, -0.05) is 30.3 Å². The van der Waals surface area contributed by atoms with Gasteiger partial charge in [-0.05, 0) is 23.3 Å². The van der Waals surface area contributed by atoms with Crippen LogP contribution in [-0.4, -0.2) is 35.0 Å². The molecule has 0 atom stereocenters. The molecule has 0 bridgehead atoms. The molecule has 23 heavy (non-hydrogen) atoms. The van der Waals surface area contributed by atoms with Crippen molar-refractivity contribution in [3.05, 3.63) is 42.0 Å². The highest BCUT2D eigenvalue weighted by molar-refractivity contribution is 7.97. The van der Waals surface area contributed by atoms with Gasteiger partial charge in [-0.25, -0.2) is 4.68 Å². The summed E-state index contributed by atoms with van der Waals surface area (Å²) in [6, 6.07) is 10.6. The fourth-order valence-electron chi connectivity index (χ4n) is 2.47. The predicted molar refractivity (Wildman–Crippen MR) is 87.5 cm³/mol. The van der Waals surface area contributed by atoms with E-state index in [1.165, 1.54) is 12.8 Å². The molecule has 1 fully saturated rings. The Hall–Kier alpha value is -2.22. The topological polar surface area (TPSA) is 74.3 Å². The summed E-state index contributed by atoms with van der Waals surface area (Å²) in [6.07, 6.45) is 2.37. The average molecular weight is 327 g/mol. The van der Waals surface area contributed by atoms with Crippen molar-refractivity contribution >= 4 is 11.8 Å². The number of benzene rings is 1. The van der Waals surface area contributed by atoms with E-state index < -0.39 is 0 Å². The van der Waals surface area contributed by atoms with Gasteiger partial charge in [0.2, 0.25) is 0 Å². The molecule has 4 rings (SSSR count). The highest BCUT2D eigenvalue weighted by atomic mass is 32.2. The number of aromatic nitrogens is 7. The summed E-state index contributed by atoms with van der Waals surface area (Å²) in [7, 11) is 2.01. The van der Waals surface area contributed by atoms with Crippen molar-refractivity contribution in [1.82, 2.24) is 35.0 Å². The molecule has 0 radical (unpaired) electrons. The summed E-state index contributed by atoms with van der Waals surface area (Å²) in [4.78, 5) is 0. The highest BCUT2D eigenvalue weighted by Gasteiger charge is 2.27. The standard InChI is InChI=1S/C15H17N7S/c1-21-13(16-18-15(21)11-5-3-2-4-6-11)9-23-10-14-17-19-20-22(14)12-7-8-12/h2-6,12H,7-10H2,1H3. The molecule has 8 heteroatoms. The van der Waals surface area contributed by atoms with E-state index in [4.69, 9.17) is 0 Å². The second kappa shape index (κ2) is 6.11. The molecule has 0 saturated heterocycles. The Bertz CT molecular complexity index is 791. The third-order valence-electron chi connectivity index (χ3n) is 3.91. The maximum atomic E-state index is 4.31. The average Bonchev–Trinajstić information content (AvgIpc) is 3.21. The zero-order chi connectivity index (χ0) is 15.6. The van der Waals surface area contributed by atoms with Crippen LogP contribution >= 0.6 is 11.8 Å². The normalized spacial score (nSPS) is 14.3. The molecule has 2 aromatic heterocycles. The highest BCUT2D eigenvalue weighted by Crippen LogP contribution is 2.35. The first-order valence-corrected chi connectivity index (χ1v) is 8.76. The van der Waals surface area contributed by atoms with Gasteiger partial charge in [0, 0.05) is 12.6 Å². The van der Waals surface area contributed by atoms with Crippen molar-refractivity contribution in [1.29, 1.82) is 0 Å². The lowest BCUT2D eigenvalue weighted by atomic mass is 10.2. The lowest BCUT2D eigenvalue weighted by Gasteiger charge is -2.04. The van der Waals surface area contributed by atoms with Gasteiger partial charge in [0.15, 0.2) is 11.6 Å². The van der Waals surface area contributed by atoms with Crippen LogP contribution in [-0.2, 0) is 18.6 Å². The first-order chi connectivity index (χ1) is 11.3. The second-order valence-electron chi connectivity index (χ2n) is 5.63. The molecule has 1 aromatic carbocycles. The van der Waals surface area contributed by atoms with Gasteiger partial charge < -0.3 is 4.57 Å². The molecule has 1 aliphatic rings.